The van der Waals surface area contributed by atoms with Crippen LogP contribution in [0, 0.1) is 6.92 Å². The van der Waals surface area contributed by atoms with Gasteiger partial charge in [-0.2, -0.15) is 0 Å². The number of halogens is 1. The van der Waals surface area contributed by atoms with Gasteiger partial charge in [0.25, 0.3) is 5.91 Å². The number of hydrogen-bond donors (Lipinski definition) is 1. The molecule has 6 heteroatoms. The smallest absolute Gasteiger partial charge is 0.251 e. The Labute approximate surface area is 222 Å². The number of hydrogen-bond acceptors (Lipinski definition) is 3. The van der Waals surface area contributed by atoms with Crippen LogP contribution in [0.5, 0.6) is 5.75 Å². The SMILES string of the molecule is Cc1ccc(C(C)C)c(OCCCCn2c(C(C)NC(=O)c3ccc(Br)cc3)nc3ccccc32)c1. The molecule has 1 heterocycles. The molecule has 1 atom stereocenters. The van der Waals surface area contributed by atoms with E-state index in [1.165, 1.54) is 11.1 Å². The maximum absolute atomic E-state index is 12.8. The molecule has 0 aliphatic carbocycles. The lowest BCUT2D eigenvalue weighted by Gasteiger charge is -2.17. The van der Waals surface area contributed by atoms with E-state index >= 15 is 0 Å². The summed E-state index contributed by atoms with van der Waals surface area (Å²) >= 11 is 3.42. The predicted octanol–water partition coefficient (Wildman–Crippen LogP) is 7.58. The zero-order valence-electron chi connectivity index (χ0n) is 21.4. The fourth-order valence-corrected chi connectivity index (χ4v) is 4.67. The van der Waals surface area contributed by atoms with Crippen molar-refractivity contribution in [2.24, 2.45) is 0 Å². The molecule has 0 fully saturated rings. The summed E-state index contributed by atoms with van der Waals surface area (Å²) in [5.41, 5.74) is 5.11. The number of ether oxygens (including phenoxy) is 1. The fourth-order valence-electron chi connectivity index (χ4n) is 4.40. The van der Waals surface area contributed by atoms with E-state index in [-0.39, 0.29) is 11.9 Å². The summed E-state index contributed by atoms with van der Waals surface area (Å²) in [6, 6.07) is 21.7. The first-order chi connectivity index (χ1) is 17.3. The molecule has 1 aromatic heterocycles. The van der Waals surface area contributed by atoms with E-state index in [1.807, 2.05) is 49.4 Å². The average Bonchev–Trinajstić information content (AvgIpc) is 3.23. The lowest BCUT2D eigenvalue weighted by molar-refractivity contribution is 0.0937. The Kier molecular flexibility index (Phi) is 8.47. The number of unbranched alkanes of at least 4 members (excludes halogenated alkanes) is 1. The molecule has 4 aromatic rings. The van der Waals surface area contributed by atoms with Gasteiger partial charge in [-0.25, -0.2) is 4.98 Å². The number of carbonyl (C=O) groups excluding carboxylic acids is 1. The molecule has 0 bridgehead atoms. The third kappa shape index (κ3) is 6.16. The van der Waals surface area contributed by atoms with Crippen LogP contribution < -0.4 is 10.1 Å². The number of nitrogens with zero attached hydrogens (tertiary/aromatic N) is 2. The van der Waals surface area contributed by atoms with Crippen molar-refractivity contribution in [2.45, 2.75) is 59.0 Å². The van der Waals surface area contributed by atoms with Gasteiger partial charge in [-0.15, -0.1) is 0 Å². The third-order valence-corrected chi connectivity index (χ3v) is 6.88. The largest absolute Gasteiger partial charge is 0.493 e. The summed E-state index contributed by atoms with van der Waals surface area (Å²) in [5, 5.41) is 3.12. The standard InChI is InChI=1S/C30H34BrN3O2/c1-20(2)25-16-11-21(3)19-28(25)36-18-8-7-17-34-27-10-6-5-9-26(27)33-29(34)22(4)32-30(35)23-12-14-24(31)15-13-23/h5-6,9-16,19-20,22H,7-8,17-18H2,1-4H3,(H,32,35). The van der Waals surface area contributed by atoms with E-state index in [4.69, 9.17) is 9.72 Å². The highest BCUT2D eigenvalue weighted by molar-refractivity contribution is 9.10. The molecule has 3 aromatic carbocycles. The molecule has 0 saturated heterocycles. The first-order valence-electron chi connectivity index (χ1n) is 12.6. The predicted molar refractivity (Wildman–Crippen MR) is 150 cm³/mol. The molecule has 0 radical (unpaired) electrons. The monoisotopic (exact) mass is 547 g/mol. The highest BCUT2D eigenvalue weighted by atomic mass is 79.9. The van der Waals surface area contributed by atoms with Gasteiger partial charge in [0.05, 0.1) is 23.7 Å². The van der Waals surface area contributed by atoms with Gasteiger partial charge >= 0.3 is 0 Å². The number of imidazole rings is 1. The van der Waals surface area contributed by atoms with Crippen molar-refractivity contribution in [3.8, 4) is 5.75 Å². The van der Waals surface area contributed by atoms with Crippen molar-refractivity contribution in [2.75, 3.05) is 6.61 Å². The second kappa shape index (κ2) is 11.7. The molecular formula is C30H34BrN3O2. The van der Waals surface area contributed by atoms with Gasteiger partial charge in [0, 0.05) is 16.6 Å². The van der Waals surface area contributed by atoms with Crippen molar-refractivity contribution < 1.29 is 9.53 Å². The molecule has 0 spiro atoms. The number of carbonyl (C=O) groups is 1. The van der Waals surface area contributed by atoms with E-state index in [9.17, 15) is 4.79 Å². The number of rotatable bonds is 10. The minimum absolute atomic E-state index is 0.110. The summed E-state index contributed by atoms with van der Waals surface area (Å²) in [5.74, 6) is 2.17. The molecule has 4 rings (SSSR count). The van der Waals surface area contributed by atoms with Gasteiger partial charge in [0.1, 0.15) is 11.6 Å². The van der Waals surface area contributed by atoms with E-state index in [0.29, 0.717) is 18.1 Å². The lowest BCUT2D eigenvalue weighted by Crippen LogP contribution is -2.28. The van der Waals surface area contributed by atoms with Crippen molar-refractivity contribution >= 4 is 32.9 Å². The van der Waals surface area contributed by atoms with E-state index in [1.54, 1.807) is 0 Å². The van der Waals surface area contributed by atoms with E-state index in [0.717, 1.165) is 46.5 Å². The third-order valence-electron chi connectivity index (χ3n) is 6.35. The Bertz CT molecular complexity index is 1330. The number of fused-ring (bicyclic) bond motifs is 1. The van der Waals surface area contributed by atoms with Crippen LogP contribution in [0.15, 0.2) is 71.2 Å². The number of aryl methyl sites for hydroxylation is 2. The summed E-state index contributed by atoms with van der Waals surface area (Å²) in [7, 11) is 0. The molecule has 1 amide bonds. The minimum Gasteiger partial charge on any atom is -0.493 e. The number of aromatic nitrogens is 2. The zero-order valence-corrected chi connectivity index (χ0v) is 23.0. The van der Waals surface area contributed by atoms with Crippen LogP contribution in [0.4, 0.5) is 0 Å². The Balaban J connectivity index is 1.42. The van der Waals surface area contributed by atoms with Gasteiger partial charge in [-0.1, -0.05) is 54.0 Å². The normalized spacial score (nSPS) is 12.2. The first kappa shape index (κ1) is 26.0. The number of para-hydroxylation sites is 2. The molecule has 36 heavy (non-hydrogen) atoms. The van der Waals surface area contributed by atoms with Crippen LogP contribution in [0.3, 0.4) is 0 Å². The lowest BCUT2D eigenvalue weighted by atomic mass is 10.0. The molecule has 1 unspecified atom stereocenters. The summed E-state index contributed by atoms with van der Waals surface area (Å²) in [6.45, 7) is 9.95. The maximum atomic E-state index is 12.8. The molecule has 5 nitrogen and oxygen atoms in total. The van der Waals surface area contributed by atoms with Crippen LogP contribution in [0.2, 0.25) is 0 Å². The van der Waals surface area contributed by atoms with Crippen LogP contribution in [0.1, 0.15) is 72.9 Å². The molecule has 0 saturated carbocycles. The molecule has 1 N–H and O–H groups in total. The van der Waals surface area contributed by atoms with E-state index in [2.05, 4.69) is 70.9 Å². The van der Waals surface area contributed by atoms with Crippen LogP contribution >= 0.6 is 15.9 Å². The summed E-state index contributed by atoms with van der Waals surface area (Å²) in [6.07, 6.45) is 1.88. The number of amides is 1. The van der Waals surface area contributed by atoms with Gasteiger partial charge in [-0.3, -0.25) is 4.79 Å². The first-order valence-corrected chi connectivity index (χ1v) is 13.4. The Morgan fingerprint density at radius 1 is 1.03 bits per heavy atom. The Morgan fingerprint density at radius 2 is 1.78 bits per heavy atom. The molecule has 0 aliphatic heterocycles. The van der Waals surface area contributed by atoms with Gasteiger partial charge in [0.2, 0.25) is 0 Å². The number of benzene rings is 3. The van der Waals surface area contributed by atoms with Gasteiger partial charge in [0.15, 0.2) is 0 Å². The Hall–Kier alpha value is -3.12. The van der Waals surface area contributed by atoms with Crippen molar-refractivity contribution in [3.63, 3.8) is 0 Å². The molecule has 188 valence electrons. The fraction of sp³-hybridized carbons (Fsp3) is 0.333. The summed E-state index contributed by atoms with van der Waals surface area (Å²) < 4.78 is 9.36. The van der Waals surface area contributed by atoms with Crippen molar-refractivity contribution in [1.82, 2.24) is 14.9 Å². The minimum atomic E-state index is -0.231. The highest BCUT2D eigenvalue weighted by Gasteiger charge is 2.19. The van der Waals surface area contributed by atoms with Crippen molar-refractivity contribution in [1.29, 1.82) is 0 Å². The average molecular weight is 549 g/mol. The summed E-state index contributed by atoms with van der Waals surface area (Å²) in [4.78, 5) is 17.7. The van der Waals surface area contributed by atoms with Gasteiger partial charge in [-0.05, 0) is 86.2 Å². The second-order valence-corrected chi connectivity index (χ2v) is 10.5. The van der Waals surface area contributed by atoms with Crippen LogP contribution in [-0.2, 0) is 6.54 Å². The second-order valence-electron chi connectivity index (χ2n) is 9.56. The number of nitrogens with one attached hydrogen (secondary N) is 1. The van der Waals surface area contributed by atoms with E-state index < -0.39 is 0 Å². The van der Waals surface area contributed by atoms with Crippen molar-refractivity contribution in [3.05, 3.63) is 93.7 Å². The van der Waals surface area contributed by atoms with Gasteiger partial charge < -0.3 is 14.6 Å². The highest BCUT2D eigenvalue weighted by Crippen LogP contribution is 2.28. The topological polar surface area (TPSA) is 56.1 Å². The maximum Gasteiger partial charge on any atom is 0.251 e. The van der Waals surface area contributed by atoms with Crippen LogP contribution in [-0.4, -0.2) is 22.1 Å². The molecule has 0 aliphatic rings. The quantitative estimate of drug-likeness (QED) is 0.208. The zero-order chi connectivity index (χ0) is 25.7. The molecular weight excluding hydrogens is 514 g/mol. The Morgan fingerprint density at radius 3 is 2.53 bits per heavy atom. The van der Waals surface area contributed by atoms with Crippen LogP contribution in [0.25, 0.3) is 11.0 Å².